The Morgan fingerprint density at radius 2 is 1.46 bits per heavy atom. The number of aliphatic imine (C=N–C) groups is 1. The summed E-state index contributed by atoms with van der Waals surface area (Å²) in [4.78, 5) is 22.2. The third-order valence-corrected chi connectivity index (χ3v) is 7.05. The molecule has 0 radical (unpaired) electrons. The van der Waals surface area contributed by atoms with Gasteiger partial charge in [-0.1, -0.05) is 81.4 Å². The summed E-state index contributed by atoms with van der Waals surface area (Å²) in [5.41, 5.74) is 8.83. The summed E-state index contributed by atoms with van der Waals surface area (Å²) in [6.45, 7) is 6.59. The zero-order valence-corrected chi connectivity index (χ0v) is 21.4. The fourth-order valence-electron chi connectivity index (χ4n) is 5.04. The molecule has 0 unspecified atom stereocenters. The van der Waals surface area contributed by atoms with E-state index in [1.807, 2.05) is 36.4 Å². The van der Waals surface area contributed by atoms with Crippen LogP contribution >= 0.6 is 0 Å². The van der Waals surface area contributed by atoms with E-state index < -0.39 is 0 Å². The number of Topliss-reactive ketones (excluding diaryl/α,β-unsaturated/α-hetero) is 1. The highest BCUT2D eigenvalue weighted by molar-refractivity contribution is 6.56. The smallest absolute Gasteiger partial charge is 0.214 e. The number of aromatic amines is 1. The second kappa shape index (κ2) is 8.59. The van der Waals surface area contributed by atoms with Crippen molar-refractivity contribution in [3.05, 3.63) is 108 Å². The second-order valence-electron chi connectivity index (χ2n) is 10.5. The minimum absolute atomic E-state index is 0.0848. The van der Waals surface area contributed by atoms with Crippen molar-refractivity contribution >= 4 is 28.1 Å². The zero-order chi connectivity index (χ0) is 25.7. The van der Waals surface area contributed by atoms with Crippen LogP contribution in [0.5, 0.6) is 5.75 Å². The monoisotopic (exact) mass is 484 g/mol. The van der Waals surface area contributed by atoms with Crippen molar-refractivity contribution in [2.45, 2.75) is 26.2 Å². The summed E-state index contributed by atoms with van der Waals surface area (Å²) in [6, 6.07) is 30.6. The zero-order valence-electron chi connectivity index (χ0n) is 21.4. The normalized spacial score (nSPS) is 13.1. The first-order valence-corrected chi connectivity index (χ1v) is 12.5. The maximum absolute atomic E-state index is 13.7. The molecule has 0 aliphatic carbocycles. The molecule has 0 amide bonds. The first-order chi connectivity index (χ1) is 17.8. The van der Waals surface area contributed by atoms with E-state index in [1.165, 1.54) is 0 Å². The minimum Gasteiger partial charge on any atom is -0.497 e. The number of nitrogens with zero attached hydrogens (tertiary/aromatic N) is 1. The van der Waals surface area contributed by atoms with Gasteiger partial charge in [-0.25, -0.2) is 4.99 Å². The van der Waals surface area contributed by atoms with Gasteiger partial charge in [-0.3, -0.25) is 4.79 Å². The number of methoxy groups -OCH3 is 1. The standard InChI is InChI=1S/C33H28N2O2/c1-33(2,3)22-17-25-28(20-11-7-5-8-12-20)29(21-13-9-6-10-14-21)35-30(25)26(18-22)31-32(36)24-19-23(37-4)15-16-27(24)34-31/h5-19,35H,1-4H3. The highest BCUT2D eigenvalue weighted by atomic mass is 16.5. The van der Waals surface area contributed by atoms with Crippen LogP contribution in [-0.2, 0) is 5.41 Å². The molecule has 5 aromatic rings. The number of carbonyl (C=O) groups excluding carboxylic acids is 1. The Kier molecular flexibility index (Phi) is 5.34. The maximum atomic E-state index is 13.7. The van der Waals surface area contributed by atoms with Crippen molar-refractivity contribution in [2.24, 2.45) is 4.99 Å². The van der Waals surface area contributed by atoms with Gasteiger partial charge in [-0.05, 0) is 52.4 Å². The molecular weight excluding hydrogens is 456 g/mol. The van der Waals surface area contributed by atoms with Crippen LogP contribution in [0.4, 0.5) is 5.69 Å². The Hall–Kier alpha value is -4.44. The molecule has 0 fully saturated rings. The molecule has 182 valence electrons. The quantitative estimate of drug-likeness (QED) is 0.280. The van der Waals surface area contributed by atoms with Crippen molar-refractivity contribution in [2.75, 3.05) is 7.11 Å². The molecule has 0 atom stereocenters. The summed E-state index contributed by atoms with van der Waals surface area (Å²) in [6.07, 6.45) is 0. The SMILES string of the molecule is COc1ccc2c(c1)C(=O)C(c1cc(C(C)(C)C)cc3c(-c4ccccc4)c(-c4ccccc4)[nH]c13)=N2. The van der Waals surface area contributed by atoms with E-state index >= 15 is 0 Å². The fourth-order valence-corrected chi connectivity index (χ4v) is 5.04. The van der Waals surface area contributed by atoms with Crippen molar-refractivity contribution in [3.63, 3.8) is 0 Å². The summed E-state index contributed by atoms with van der Waals surface area (Å²) >= 11 is 0. The third-order valence-electron chi connectivity index (χ3n) is 7.05. The van der Waals surface area contributed by atoms with Gasteiger partial charge < -0.3 is 9.72 Å². The molecule has 4 aromatic carbocycles. The van der Waals surface area contributed by atoms with Crippen molar-refractivity contribution < 1.29 is 9.53 Å². The molecule has 0 saturated carbocycles. The predicted octanol–water partition coefficient (Wildman–Crippen LogP) is 8.13. The van der Waals surface area contributed by atoms with E-state index in [0.717, 1.165) is 44.4 Å². The lowest BCUT2D eigenvalue weighted by atomic mass is 9.83. The Balaban J connectivity index is 1.68. The first kappa shape index (κ1) is 23.0. The van der Waals surface area contributed by atoms with Crippen LogP contribution in [0.3, 0.4) is 0 Å². The molecule has 4 heteroatoms. The summed E-state index contributed by atoms with van der Waals surface area (Å²) in [5, 5.41) is 1.08. The second-order valence-corrected chi connectivity index (χ2v) is 10.5. The molecule has 0 bridgehead atoms. The van der Waals surface area contributed by atoms with Crippen LogP contribution in [0, 0.1) is 0 Å². The van der Waals surface area contributed by atoms with Gasteiger partial charge in [-0.15, -0.1) is 0 Å². The average molecular weight is 485 g/mol. The van der Waals surface area contributed by atoms with Crippen molar-refractivity contribution in [1.82, 2.24) is 4.98 Å². The lowest BCUT2D eigenvalue weighted by Crippen LogP contribution is -2.16. The molecular formula is C33H28N2O2. The number of nitrogens with one attached hydrogen (secondary N) is 1. The van der Waals surface area contributed by atoms with Gasteiger partial charge in [0.05, 0.1) is 29.6 Å². The molecule has 0 saturated heterocycles. The van der Waals surface area contributed by atoms with Crippen LogP contribution in [0.1, 0.15) is 42.3 Å². The van der Waals surface area contributed by atoms with Gasteiger partial charge in [0.15, 0.2) is 0 Å². The number of hydrogen-bond donors (Lipinski definition) is 1. The summed E-state index contributed by atoms with van der Waals surface area (Å²) < 4.78 is 5.37. The van der Waals surface area contributed by atoms with Gasteiger partial charge in [-0.2, -0.15) is 0 Å². The van der Waals surface area contributed by atoms with E-state index in [-0.39, 0.29) is 11.2 Å². The molecule has 37 heavy (non-hydrogen) atoms. The highest BCUT2D eigenvalue weighted by Gasteiger charge is 2.31. The van der Waals surface area contributed by atoms with Crippen LogP contribution in [-0.4, -0.2) is 23.6 Å². The summed E-state index contributed by atoms with van der Waals surface area (Å²) in [7, 11) is 1.61. The van der Waals surface area contributed by atoms with Gasteiger partial charge in [0.1, 0.15) is 11.5 Å². The fraction of sp³-hybridized carbons (Fsp3) is 0.152. The number of ether oxygens (including phenoxy) is 1. The van der Waals surface area contributed by atoms with Crippen LogP contribution in [0.25, 0.3) is 33.3 Å². The molecule has 1 N–H and O–H groups in total. The number of H-pyrrole nitrogens is 1. The Morgan fingerprint density at radius 1 is 0.784 bits per heavy atom. The molecule has 0 spiro atoms. The molecule has 1 aliphatic rings. The van der Waals surface area contributed by atoms with E-state index in [4.69, 9.17) is 9.73 Å². The van der Waals surface area contributed by atoms with E-state index in [2.05, 4.69) is 74.3 Å². The number of benzene rings is 4. The number of rotatable bonds is 4. The maximum Gasteiger partial charge on any atom is 0.214 e. The third kappa shape index (κ3) is 3.86. The molecule has 2 heterocycles. The Bertz CT molecular complexity index is 1690. The first-order valence-electron chi connectivity index (χ1n) is 12.5. The number of aromatic nitrogens is 1. The lowest BCUT2D eigenvalue weighted by molar-refractivity contribution is 0.107. The summed E-state index contributed by atoms with van der Waals surface area (Å²) in [5.74, 6) is 0.563. The minimum atomic E-state index is -0.126. The van der Waals surface area contributed by atoms with Crippen LogP contribution in [0.15, 0.2) is 96.0 Å². The number of ketones is 1. The van der Waals surface area contributed by atoms with Gasteiger partial charge in [0.2, 0.25) is 5.78 Å². The van der Waals surface area contributed by atoms with E-state index in [0.29, 0.717) is 22.7 Å². The molecule has 6 rings (SSSR count). The number of hydrogen-bond acceptors (Lipinski definition) is 3. The van der Waals surface area contributed by atoms with Crippen LogP contribution < -0.4 is 4.74 Å². The van der Waals surface area contributed by atoms with Gasteiger partial charge >= 0.3 is 0 Å². The topological polar surface area (TPSA) is 54.5 Å². The molecule has 4 nitrogen and oxygen atoms in total. The van der Waals surface area contributed by atoms with E-state index in [1.54, 1.807) is 13.2 Å². The highest BCUT2D eigenvalue weighted by Crippen LogP contribution is 2.43. The number of fused-ring (bicyclic) bond motifs is 2. The predicted molar refractivity (Wildman–Crippen MR) is 151 cm³/mol. The average Bonchev–Trinajstić information content (AvgIpc) is 3.46. The van der Waals surface area contributed by atoms with Crippen LogP contribution in [0.2, 0.25) is 0 Å². The van der Waals surface area contributed by atoms with Crippen molar-refractivity contribution in [1.29, 1.82) is 0 Å². The van der Waals surface area contributed by atoms with Crippen molar-refractivity contribution in [3.8, 4) is 28.1 Å². The lowest BCUT2D eigenvalue weighted by Gasteiger charge is -2.21. The largest absolute Gasteiger partial charge is 0.497 e. The van der Waals surface area contributed by atoms with Gasteiger partial charge in [0, 0.05) is 16.5 Å². The Morgan fingerprint density at radius 3 is 2.11 bits per heavy atom. The van der Waals surface area contributed by atoms with E-state index in [9.17, 15) is 4.79 Å². The Labute approximate surface area is 216 Å². The molecule has 1 aliphatic heterocycles. The number of carbonyl (C=O) groups is 1. The molecule has 1 aromatic heterocycles. The van der Waals surface area contributed by atoms with Gasteiger partial charge in [0.25, 0.3) is 0 Å².